The minimum absolute atomic E-state index is 0.106. The third-order valence-electron chi connectivity index (χ3n) is 3.52. The molecule has 1 aliphatic carbocycles. The van der Waals surface area contributed by atoms with Gasteiger partial charge in [-0.25, -0.2) is 9.59 Å². The molecule has 90 valence electrons. The summed E-state index contributed by atoms with van der Waals surface area (Å²) in [5, 5.41) is 8.92. The van der Waals surface area contributed by atoms with Crippen molar-refractivity contribution in [3.8, 4) is 0 Å². The van der Waals surface area contributed by atoms with Gasteiger partial charge in [0.15, 0.2) is 6.73 Å². The fourth-order valence-electron chi connectivity index (χ4n) is 2.60. The number of cyclic esters (lactones) is 1. The summed E-state index contributed by atoms with van der Waals surface area (Å²) < 4.78 is 4.79. The molecule has 2 aliphatic rings. The van der Waals surface area contributed by atoms with Gasteiger partial charge in [-0.1, -0.05) is 32.1 Å². The van der Waals surface area contributed by atoms with Crippen LogP contribution in [0.4, 0.5) is 4.79 Å². The van der Waals surface area contributed by atoms with Crippen LogP contribution >= 0.6 is 0 Å². The Bertz CT molecular complexity index is 286. The monoisotopic (exact) mass is 227 g/mol. The molecule has 0 bridgehead atoms. The molecule has 0 unspecified atom stereocenters. The maximum atomic E-state index is 11.4. The standard InChI is InChI=1S/C11H17NO4/c13-10-9(12(7-16-10)11(14)15)6-8-4-2-1-3-5-8/h8-9H,1-7H2,(H,14,15)/t9-/m0/s1. The molecule has 0 radical (unpaired) electrons. The molecule has 5 heteroatoms. The van der Waals surface area contributed by atoms with E-state index in [1.165, 1.54) is 19.3 Å². The molecular weight excluding hydrogens is 210 g/mol. The third-order valence-corrected chi connectivity index (χ3v) is 3.52. The Kier molecular flexibility index (Phi) is 3.31. The number of carboxylic acid groups (broad SMARTS) is 1. The van der Waals surface area contributed by atoms with Gasteiger partial charge in [0.1, 0.15) is 6.04 Å². The normalized spacial score (nSPS) is 26.9. The van der Waals surface area contributed by atoms with Gasteiger partial charge in [0.25, 0.3) is 0 Å². The number of amides is 1. The number of hydrogen-bond acceptors (Lipinski definition) is 3. The van der Waals surface area contributed by atoms with Crippen LogP contribution in [0.5, 0.6) is 0 Å². The summed E-state index contributed by atoms with van der Waals surface area (Å²) in [6, 6.07) is -0.569. The van der Waals surface area contributed by atoms with E-state index < -0.39 is 12.1 Å². The van der Waals surface area contributed by atoms with Crippen molar-refractivity contribution in [2.24, 2.45) is 5.92 Å². The number of carbonyl (C=O) groups excluding carboxylic acids is 1. The maximum absolute atomic E-state index is 11.4. The molecule has 1 heterocycles. The van der Waals surface area contributed by atoms with Gasteiger partial charge in [-0.3, -0.25) is 4.90 Å². The molecule has 0 aromatic rings. The minimum atomic E-state index is -1.06. The Morgan fingerprint density at radius 1 is 1.38 bits per heavy atom. The topological polar surface area (TPSA) is 66.8 Å². The molecular formula is C11H17NO4. The Morgan fingerprint density at radius 3 is 2.69 bits per heavy atom. The zero-order valence-corrected chi connectivity index (χ0v) is 9.22. The fourth-order valence-corrected chi connectivity index (χ4v) is 2.60. The lowest BCUT2D eigenvalue weighted by atomic mass is 9.84. The summed E-state index contributed by atoms with van der Waals surface area (Å²) in [6.07, 6.45) is 5.43. The lowest BCUT2D eigenvalue weighted by molar-refractivity contribution is -0.139. The molecule has 1 aliphatic heterocycles. The van der Waals surface area contributed by atoms with E-state index in [-0.39, 0.29) is 12.7 Å². The van der Waals surface area contributed by atoms with Gasteiger partial charge in [-0.05, 0) is 12.3 Å². The van der Waals surface area contributed by atoms with E-state index in [0.717, 1.165) is 17.7 Å². The Morgan fingerprint density at radius 2 is 2.06 bits per heavy atom. The zero-order valence-electron chi connectivity index (χ0n) is 9.22. The summed E-state index contributed by atoms with van der Waals surface area (Å²) in [5.41, 5.74) is 0. The Balaban J connectivity index is 1.95. The molecule has 0 aromatic heterocycles. The molecule has 1 amide bonds. The molecule has 16 heavy (non-hydrogen) atoms. The van der Waals surface area contributed by atoms with Crippen molar-refractivity contribution in [2.75, 3.05) is 6.73 Å². The maximum Gasteiger partial charge on any atom is 0.410 e. The Hall–Kier alpha value is -1.26. The van der Waals surface area contributed by atoms with Crippen LogP contribution in [0.3, 0.4) is 0 Å². The van der Waals surface area contributed by atoms with Crippen LogP contribution in [0.2, 0.25) is 0 Å². The van der Waals surface area contributed by atoms with Crippen LogP contribution in [0.1, 0.15) is 38.5 Å². The SMILES string of the molecule is O=C1OCN(C(=O)O)[C@H]1CC1CCCCC1. The van der Waals surface area contributed by atoms with E-state index in [1.807, 2.05) is 0 Å². The van der Waals surface area contributed by atoms with Crippen molar-refractivity contribution in [3.05, 3.63) is 0 Å². The van der Waals surface area contributed by atoms with Crippen molar-refractivity contribution in [1.29, 1.82) is 0 Å². The van der Waals surface area contributed by atoms with Crippen molar-refractivity contribution in [2.45, 2.75) is 44.6 Å². The van der Waals surface area contributed by atoms with Crippen LogP contribution in [-0.2, 0) is 9.53 Å². The molecule has 2 rings (SSSR count). The average molecular weight is 227 g/mol. The first-order valence-electron chi connectivity index (χ1n) is 5.84. The fraction of sp³-hybridized carbons (Fsp3) is 0.818. The molecule has 1 saturated carbocycles. The number of hydrogen-bond donors (Lipinski definition) is 1. The lowest BCUT2D eigenvalue weighted by Crippen LogP contribution is -2.38. The second-order valence-electron chi connectivity index (χ2n) is 4.60. The van der Waals surface area contributed by atoms with Crippen molar-refractivity contribution in [1.82, 2.24) is 4.90 Å². The first-order valence-corrected chi connectivity index (χ1v) is 5.84. The van der Waals surface area contributed by atoms with E-state index in [9.17, 15) is 9.59 Å². The molecule has 1 atom stereocenters. The Labute approximate surface area is 94.4 Å². The summed E-state index contributed by atoms with van der Waals surface area (Å²) >= 11 is 0. The first kappa shape index (κ1) is 11.2. The molecule has 0 aromatic carbocycles. The van der Waals surface area contributed by atoms with Gasteiger partial charge < -0.3 is 9.84 Å². The molecule has 0 spiro atoms. The van der Waals surface area contributed by atoms with Crippen LogP contribution < -0.4 is 0 Å². The molecule has 5 nitrogen and oxygen atoms in total. The van der Waals surface area contributed by atoms with Crippen LogP contribution in [0.15, 0.2) is 0 Å². The number of ether oxygens (including phenoxy) is 1. The highest BCUT2D eigenvalue weighted by atomic mass is 16.6. The smallest absolute Gasteiger partial charge is 0.410 e. The zero-order chi connectivity index (χ0) is 11.5. The van der Waals surface area contributed by atoms with E-state index in [1.54, 1.807) is 0 Å². The number of rotatable bonds is 2. The second-order valence-corrected chi connectivity index (χ2v) is 4.60. The largest absolute Gasteiger partial charge is 0.465 e. The van der Waals surface area contributed by atoms with Crippen molar-refractivity contribution in [3.63, 3.8) is 0 Å². The summed E-state index contributed by atoms with van der Waals surface area (Å²) in [7, 11) is 0. The number of esters is 1. The second kappa shape index (κ2) is 4.72. The highest BCUT2D eigenvalue weighted by Gasteiger charge is 2.39. The van der Waals surface area contributed by atoms with Gasteiger partial charge in [0.05, 0.1) is 0 Å². The van der Waals surface area contributed by atoms with Gasteiger partial charge in [0.2, 0.25) is 0 Å². The molecule has 2 fully saturated rings. The number of nitrogens with zero attached hydrogens (tertiary/aromatic N) is 1. The quantitative estimate of drug-likeness (QED) is 0.731. The first-order chi connectivity index (χ1) is 7.68. The predicted molar refractivity (Wildman–Crippen MR) is 55.8 cm³/mol. The van der Waals surface area contributed by atoms with Gasteiger partial charge >= 0.3 is 12.1 Å². The van der Waals surface area contributed by atoms with Crippen molar-refractivity contribution < 1.29 is 19.4 Å². The van der Waals surface area contributed by atoms with E-state index >= 15 is 0 Å². The summed E-state index contributed by atoms with van der Waals surface area (Å²) in [6.45, 7) is -0.106. The van der Waals surface area contributed by atoms with Crippen LogP contribution in [0, 0.1) is 5.92 Å². The highest BCUT2D eigenvalue weighted by Crippen LogP contribution is 2.30. The average Bonchev–Trinajstić information content (AvgIpc) is 2.62. The van der Waals surface area contributed by atoms with E-state index in [2.05, 4.69) is 0 Å². The van der Waals surface area contributed by atoms with Gasteiger partial charge in [0, 0.05) is 0 Å². The minimum Gasteiger partial charge on any atom is -0.465 e. The lowest BCUT2D eigenvalue weighted by Gasteiger charge is -2.25. The molecule has 1 saturated heterocycles. The van der Waals surface area contributed by atoms with Gasteiger partial charge in [-0.15, -0.1) is 0 Å². The number of carbonyl (C=O) groups is 2. The van der Waals surface area contributed by atoms with Crippen LogP contribution in [-0.4, -0.2) is 34.8 Å². The van der Waals surface area contributed by atoms with Crippen LogP contribution in [0.25, 0.3) is 0 Å². The van der Waals surface area contributed by atoms with E-state index in [4.69, 9.17) is 9.84 Å². The highest BCUT2D eigenvalue weighted by molar-refractivity contribution is 5.83. The van der Waals surface area contributed by atoms with Gasteiger partial charge in [-0.2, -0.15) is 0 Å². The summed E-state index contributed by atoms with van der Waals surface area (Å²) in [5.74, 6) is 0.0965. The summed E-state index contributed by atoms with van der Waals surface area (Å²) in [4.78, 5) is 23.4. The third kappa shape index (κ3) is 2.28. The predicted octanol–water partition coefficient (Wildman–Crippen LogP) is 1.82. The molecule has 1 N–H and O–H groups in total. The van der Waals surface area contributed by atoms with Crippen molar-refractivity contribution >= 4 is 12.1 Å². The van der Waals surface area contributed by atoms with E-state index in [0.29, 0.717) is 12.3 Å².